The molecule has 0 aliphatic heterocycles. The van der Waals surface area contributed by atoms with E-state index in [-0.39, 0.29) is 5.41 Å². The fraction of sp³-hybridized carbons (Fsp3) is 0.818. The van der Waals surface area contributed by atoms with Gasteiger partial charge in [0, 0.05) is 6.54 Å². The summed E-state index contributed by atoms with van der Waals surface area (Å²) in [7, 11) is 0. The van der Waals surface area contributed by atoms with Crippen LogP contribution in [0.15, 0.2) is 0 Å². The molecule has 5 heteroatoms. The van der Waals surface area contributed by atoms with Crippen LogP contribution in [0.25, 0.3) is 0 Å². The van der Waals surface area contributed by atoms with Gasteiger partial charge in [-0.1, -0.05) is 13.8 Å². The molecule has 0 saturated heterocycles. The van der Waals surface area contributed by atoms with Gasteiger partial charge in [0.05, 0.1) is 0 Å². The van der Waals surface area contributed by atoms with Gasteiger partial charge >= 0.3 is 12.0 Å². The highest BCUT2D eigenvalue weighted by Gasteiger charge is 2.45. The lowest BCUT2D eigenvalue weighted by Gasteiger charge is -2.20. The molecule has 3 N–H and O–H groups in total. The van der Waals surface area contributed by atoms with Crippen LogP contribution in [0.1, 0.15) is 33.6 Å². The third-order valence-electron chi connectivity index (χ3n) is 3.44. The molecule has 0 bridgehead atoms. The number of nitrogens with one attached hydrogen (secondary N) is 2. The Bertz CT molecular complexity index is 285. The fourth-order valence-corrected chi connectivity index (χ4v) is 1.68. The first-order valence-corrected chi connectivity index (χ1v) is 5.64. The van der Waals surface area contributed by atoms with E-state index in [1.165, 1.54) is 6.92 Å². The molecule has 92 valence electrons. The maximum absolute atomic E-state index is 11.4. The summed E-state index contributed by atoms with van der Waals surface area (Å²) < 4.78 is 0. The monoisotopic (exact) mass is 228 g/mol. The van der Waals surface area contributed by atoms with Gasteiger partial charge in [-0.25, -0.2) is 4.79 Å². The van der Waals surface area contributed by atoms with E-state index in [1.54, 1.807) is 0 Å². The third-order valence-corrected chi connectivity index (χ3v) is 3.44. The number of carboxylic acids is 1. The topological polar surface area (TPSA) is 78.4 Å². The van der Waals surface area contributed by atoms with Crippen LogP contribution in [0.5, 0.6) is 0 Å². The average molecular weight is 228 g/mol. The molecule has 1 saturated carbocycles. The van der Waals surface area contributed by atoms with Crippen molar-refractivity contribution in [1.29, 1.82) is 0 Å². The summed E-state index contributed by atoms with van der Waals surface area (Å²) in [5.74, 6) is -0.482. The van der Waals surface area contributed by atoms with Gasteiger partial charge in [-0.2, -0.15) is 0 Å². The Labute approximate surface area is 95.6 Å². The van der Waals surface area contributed by atoms with Crippen molar-refractivity contribution >= 4 is 12.0 Å². The van der Waals surface area contributed by atoms with Gasteiger partial charge in [-0.3, -0.25) is 4.79 Å². The summed E-state index contributed by atoms with van der Waals surface area (Å²) in [6.07, 6.45) is 2.28. The Hall–Kier alpha value is -1.26. The highest BCUT2D eigenvalue weighted by atomic mass is 16.4. The SMILES string of the molecule is CC(C)C1(CNC(=O)N[C@@H](C)C(=O)O)CC1. The van der Waals surface area contributed by atoms with E-state index in [4.69, 9.17) is 5.11 Å². The van der Waals surface area contributed by atoms with Crippen molar-refractivity contribution < 1.29 is 14.7 Å². The van der Waals surface area contributed by atoms with E-state index >= 15 is 0 Å². The molecule has 0 spiro atoms. The Morgan fingerprint density at radius 3 is 2.25 bits per heavy atom. The second-order valence-corrected chi connectivity index (χ2v) is 4.90. The van der Waals surface area contributed by atoms with Gasteiger partial charge in [0.2, 0.25) is 0 Å². The van der Waals surface area contributed by atoms with Crippen molar-refractivity contribution in [3.05, 3.63) is 0 Å². The quantitative estimate of drug-likeness (QED) is 0.661. The normalized spacial score (nSPS) is 19.0. The second kappa shape index (κ2) is 4.72. The number of hydrogen-bond donors (Lipinski definition) is 3. The molecule has 0 unspecified atom stereocenters. The number of rotatable bonds is 5. The average Bonchev–Trinajstić information content (AvgIpc) is 2.95. The van der Waals surface area contributed by atoms with E-state index in [1.807, 2.05) is 0 Å². The van der Waals surface area contributed by atoms with Crippen LogP contribution in [0.2, 0.25) is 0 Å². The fourth-order valence-electron chi connectivity index (χ4n) is 1.68. The van der Waals surface area contributed by atoms with Crippen molar-refractivity contribution in [3.8, 4) is 0 Å². The third kappa shape index (κ3) is 3.12. The van der Waals surface area contributed by atoms with Crippen LogP contribution in [0.3, 0.4) is 0 Å². The van der Waals surface area contributed by atoms with Crippen LogP contribution in [-0.4, -0.2) is 29.7 Å². The molecule has 0 heterocycles. The minimum atomic E-state index is -1.03. The molecule has 0 aromatic rings. The Kier molecular flexibility index (Phi) is 3.78. The zero-order chi connectivity index (χ0) is 12.3. The number of urea groups is 1. The van der Waals surface area contributed by atoms with Crippen LogP contribution >= 0.6 is 0 Å². The smallest absolute Gasteiger partial charge is 0.325 e. The summed E-state index contributed by atoms with van der Waals surface area (Å²) >= 11 is 0. The standard InChI is InChI=1S/C11H20N2O3/c1-7(2)11(4-5-11)6-12-10(16)13-8(3)9(14)15/h7-8H,4-6H2,1-3H3,(H,14,15)(H2,12,13,16)/t8-/m0/s1. The second-order valence-electron chi connectivity index (χ2n) is 4.90. The largest absolute Gasteiger partial charge is 0.480 e. The lowest BCUT2D eigenvalue weighted by atomic mass is 9.92. The Morgan fingerprint density at radius 1 is 1.31 bits per heavy atom. The summed E-state index contributed by atoms with van der Waals surface area (Å²) in [5, 5.41) is 13.7. The number of carbonyl (C=O) groups excluding carboxylic acids is 1. The molecule has 0 aromatic carbocycles. The molecule has 1 aliphatic carbocycles. The predicted octanol–water partition coefficient (Wildman–Crippen LogP) is 1.19. The van der Waals surface area contributed by atoms with E-state index in [9.17, 15) is 9.59 Å². The number of aliphatic carboxylic acids is 1. The molecule has 1 rings (SSSR count). The number of carboxylic acid groups (broad SMARTS) is 1. The van der Waals surface area contributed by atoms with Gasteiger partial charge in [0.15, 0.2) is 0 Å². The molecule has 1 fully saturated rings. The molecule has 2 amide bonds. The van der Waals surface area contributed by atoms with Crippen LogP contribution in [0, 0.1) is 11.3 Å². The number of amides is 2. The molecule has 1 atom stereocenters. The zero-order valence-electron chi connectivity index (χ0n) is 10.0. The zero-order valence-corrected chi connectivity index (χ0v) is 10.0. The summed E-state index contributed by atoms with van der Waals surface area (Å²) in [4.78, 5) is 21.9. The maximum Gasteiger partial charge on any atom is 0.325 e. The number of carbonyl (C=O) groups is 2. The molecule has 0 aromatic heterocycles. The van der Waals surface area contributed by atoms with Crippen molar-refractivity contribution in [2.45, 2.75) is 39.7 Å². The predicted molar refractivity (Wildman–Crippen MR) is 60.1 cm³/mol. The molecule has 5 nitrogen and oxygen atoms in total. The van der Waals surface area contributed by atoms with Crippen LogP contribution in [-0.2, 0) is 4.79 Å². The van der Waals surface area contributed by atoms with E-state index in [2.05, 4.69) is 24.5 Å². The van der Waals surface area contributed by atoms with Gasteiger partial charge < -0.3 is 15.7 Å². The Balaban J connectivity index is 2.28. The highest BCUT2D eigenvalue weighted by molar-refractivity contribution is 5.82. The summed E-state index contributed by atoms with van der Waals surface area (Å²) in [6.45, 7) is 6.36. The van der Waals surface area contributed by atoms with Crippen molar-refractivity contribution in [2.75, 3.05) is 6.54 Å². The van der Waals surface area contributed by atoms with Gasteiger partial charge in [-0.05, 0) is 31.1 Å². The first-order chi connectivity index (χ1) is 7.37. The van der Waals surface area contributed by atoms with Crippen molar-refractivity contribution in [1.82, 2.24) is 10.6 Å². The first-order valence-electron chi connectivity index (χ1n) is 5.64. The summed E-state index contributed by atoms with van der Waals surface area (Å²) in [5.41, 5.74) is 0.240. The van der Waals surface area contributed by atoms with Gasteiger partial charge in [0.25, 0.3) is 0 Å². The van der Waals surface area contributed by atoms with E-state index in [0.29, 0.717) is 12.5 Å². The van der Waals surface area contributed by atoms with Crippen LogP contribution < -0.4 is 10.6 Å². The van der Waals surface area contributed by atoms with E-state index < -0.39 is 18.0 Å². The summed E-state index contributed by atoms with van der Waals surface area (Å²) in [6, 6.07) is -1.25. The van der Waals surface area contributed by atoms with E-state index in [0.717, 1.165) is 12.8 Å². The molecular formula is C11H20N2O3. The highest BCUT2D eigenvalue weighted by Crippen LogP contribution is 2.51. The minimum Gasteiger partial charge on any atom is -0.480 e. The molecule has 0 radical (unpaired) electrons. The van der Waals surface area contributed by atoms with Crippen LogP contribution in [0.4, 0.5) is 4.79 Å². The van der Waals surface area contributed by atoms with Crippen molar-refractivity contribution in [2.24, 2.45) is 11.3 Å². The number of hydrogen-bond acceptors (Lipinski definition) is 2. The Morgan fingerprint density at radius 2 is 1.88 bits per heavy atom. The molecule has 1 aliphatic rings. The van der Waals surface area contributed by atoms with Gasteiger partial charge in [-0.15, -0.1) is 0 Å². The molecule has 16 heavy (non-hydrogen) atoms. The minimum absolute atomic E-state index is 0.240. The maximum atomic E-state index is 11.4. The molecular weight excluding hydrogens is 208 g/mol. The lowest BCUT2D eigenvalue weighted by molar-refractivity contribution is -0.138. The van der Waals surface area contributed by atoms with Crippen molar-refractivity contribution in [3.63, 3.8) is 0 Å². The first kappa shape index (κ1) is 12.8. The lowest BCUT2D eigenvalue weighted by Crippen LogP contribution is -2.46. The van der Waals surface area contributed by atoms with Gasteiger partial charge in [0.1, 0.15) is 6.04 Å².